The van der Waals surface area contributed by atoms with Crippen LogP contribution in [0, 0.1) is 6.92 Å². The third kappa shape index (κ3) is 3.05. The zero-order chi connectivity index (χ0) is 13.1. The maximum absolute atomic E-state index is 12.0. The fourth-order valence-corrected chi connectivity index (χ4v) is 2.00. The molecule has 0 atom stereocenters. The lowest BCUT2D eigenvalue weighted by molar-refractivity contribution is 0.102. The molecule has 0 unspecified atom stereocenters. The number of benzene rings is 1. The van der Waals surface area contributed by atoms with Gasteiger partial charge in [0.05, 0.1) is 17.4 Å². The van der Waals surface area contributed by atoms with Gasteiger partial charge < -0.3 is 0 Å². The normalized spacial score (nSPS) is 10.2. The highest BCUT2D eigenvalue weighted by atomic mass is 79.9. The molecule has 0 saturated heterocycles. The second-order valence-corrected chi connectivity index (χ2v) is 4.99. The maximum atomic E-state index is 12.0. The summed E-state index contributed by atoms with van der Waals surface area (Å²) in [6, 6.07) is 5.42. The highest BCUT2D eigenvalue weighted by Crippen LogP contribution is 2.16. The Morgan fingerprint density at radius 3 is 2.61 bits per heavy atom. The van der Waals surface area contributed by atoms with Gasteiger partial charge >= 0.3 is 0 Å². The van der Waals surface area contributed by atoms with Crippen LogP contribution in [0.4, 0.5) is 5.95 Å². The van der Waals surface area contributed by atoms with E-state index in [-0.39, 0.29) is 11.9 Å². The zero-order valence-electron chi connectivity index (χ0n) is 9.45. The number of aryl methyl sites for hydroxylation is 1. The average Bonchev–Trinajstić information content (AvgIpc) is 2.32. The molecule has 1 aromatic heterocycles. The van der Waals surface area contributed by atoms with E-state index in [1.165, 1.54) is 12.4 Å². The molecule has 18 heavy (non-hydrogen) atoms. The van der Waals surface area contributed by atoms with Gasteiger partial charge in [-0.2, -0.15) is 0 Å². The van der Waals surface area contributed by atoms with Gasteiger partial charge in [0.15, 0.2) is 0 Å². The van der Waals surface area contributed by atoms with Gasteiger partial charge in [-0.25, -0.2) is 9.97 Å². The lowest BCUT2D eigenvalue weighted by atomic mass is 10.1. The Labute approximate surface area is 118 Å². The van der Waals surface area contributed by atoms with Crippen LogP contribution in [0.5, 0.6) is 0 Å². The Bertz CT molecular complexity index is 586. The molecule has 6 heteroatoms. The van der Waals surface area contributed by atoms with E-state index in [0.29, 0.717) is 10.6 Å². The fourth-order valence-electron chi connectivity index (χ4n) is 1.43. The summed E-state index contributed by atoms with van der Waals surface area (Å²) in [6.07, 6.45) is 2.86. The van der Waals surface area contributed by atoms with Crippen LogP contribution in [0.1, 0.15) is 15.9 Å². The lowest BCUT2D eigenvalue weighted by Gasteiger charge is -2.06. The van der Waals surface area contributed by atoms with Gasteiger partial charge in [0, 0.05) is 10.0 Å². The summed E-state index contributed by atoms with van der Waals surface area (Å²) in [6.45, 7) is 1.86. The fraction of sp³-hybridized carbons (Fsp3) is 0.0833. The van der Waals surface area contributed by atoms with Crippen LogP contribution in [-0.4, -0.2) is 15.9 Å². The second kappa shape index (κ2) is 5.46. The van der Waals surface area contributed by atoms with Crippen molar-refractivity contribution < 1.29 is 4.79 Å². The van der Waals surface area contributed by atoms with E-state index in [0.717, 1.165) is 10.0 Å². The number of amides is 1. The Morgan fingerprint density at radius 1 is 1.33 bits per heavy atom. The number of hydrogen-bond acceptors (Lipinski definition) is 3. The first kappa shape index (κ1) is 13.0. The van der Waals surface area contributed by atoms with E-state index in [1.807, 2.05) is 19.1 Å². The van der Waals surface area contributed by atoms with E-state index in [1.54, 1.807) is 6.07 Å². The van der Waals surface area contributed by atoms with Gasteiger partial charge in [0.25, 0.3) is 5.91 Å². The molecule has 0 bridgehead atoms. The van der Waals surface area contributed by atoms with Crippen molar-refractivity contribution in [2.75, 3.05) is 5.32 Å². The lowest BCUT2D eigenvalue weighted by Crippen LogP contribution is -2.15. The Hall–Kier alpha value is -1.46. The van der Waals surface area contributed by atoms with Crippen LogP contribution in [0.2, 0.25) is 5.02 Å². The van der Waals surface area contributed by atoms with Crippen LogP contribution in [0.15, 0.2) is 35.1 Å². The van der Waals surface area contributed by atoms with Gasteiger partial charge in [-0.15, -0.1) is 0 Å². The average molecular weight is 327 g/mol. The number of hydrogen-bond donors (Lipinski definition) is 1. The number of carbonyl (C=O) groups excluding carboxylic acids is 1. The number of halogens is 2. The van der Waals surface area contributed by atoms with Crippen LogP contribution in [0.25, 0.3) is 0 Å². The van der Waals surface area contributed by atoms with Gasteiger partial charge in [0.1, 0.15) is 0 Å². The summed E-state index contributed by atoms with van der Waals surface area (Å²) in [5.41, 5.74) is 1.45. The standard InChI is InChI=1S/C12H9BrClN3O/c1-7-4-8(13)2-3-10(7)11(18)17-12-15-5-9(14)6-16-12/h2-6H,1H3,(H,15,16,17,18). The number of nitrogens with one attached hydrogen (secondary N) is 1. The molecule has 0 saturated carbocycles. The van der Waals surface area contributed by atoms with E-state index in [9.17, 15) is 4.79 Å². The van der Waals surface area contributed by atoms with E-state index in [4.69, 9.17) is 11.6 Å². The first-order chi connectivity index (χ1) is 8.56. The molecule has 1 heterocycles. The highest BCUT2D eigenvalue weighted by molar-refractivity contribution is 9.10. The molecule has 2 aromatic rings. The summed E-state index contributed by atoms with van der Waals surface area (Å²) in [5, 5.41) is 3.03. The number of carbonyl (C=O) groups is 1. The molecule has 1 aromatic carbocycles. The Balaban J connectivity index is 2.19. The van der Waals surface area contributed by atoms with Crippen LogP contribution in [-0.2, 0) is 0 Å². The largest absolute Gasteiger partial charge is 0.290 e. The summed E-state index contributed by atoms with van der Waals surface area (Å²) >= 11 is 9.01. The Kier molecular flexibility index (Phi) is 3.93. The first-order valence-electron chi connectivity index (χ1n) is 5.11. The minimum atomic E-state index is -0.248. The van der Waals surface area contributed by atoms with Crippen molar-refractivity contribution in [1.29, 1.82) is 0 Å². The first-order valence-corrected chi connectivity index (χ1v) is 6.28. The molecule has 0 radical (unpaired) electrons. The number of aromatic nitrogens is 2. The van der Waals surface area contributed by atoms with Crippen molar-refractivity contribution >= 4 is 39.4 Å². The van der Waals surface area contributed by atoms with Crippen LogP contribution >= 0.6 is 27.5 Å². The van der Waals surface area contributed by atoms with E-state index >= 15 is 0 Å². The van der Waals surface area contributed by atoms with Crippen molar-refractivity contribution in [2.45, 2.75) is 6.92 Å². The number of anilines is 1. The molecule has 1 amide bonds. The molecular weight excluding hydrogens is 318 g/mol. The van der Waals surface area contributed by atoms with Crippen molar-refractivity contribution in [1.82, 2.24) is 9.97 Å². The molecule has 0 aliphatic rings. The molecular formula is C12H9BrClN3O. The summed E-state index contributed by atoms with van der Waals surface area (Å²) in [7, 11) is 0. The molecule has 0 fully saturated rings. The summed E-state index contributed by atoms with van der Waals surface area (Å²) < 4.78 is 0.930. The van der Waals surface area contributed by atoms with Crippen LogP contribution < -0.4 is 5.32 Å². The molecule has 0 aliphatic heterocycles. The molecule has 2 rings (SSSR count). The number of rotatable bonds is 2. The van der Waals surface area contributed by atoms with E-state index < -0.39 is 0 Å². The smallest absolute Gasteiger partial charge is 0.258 e. The SMILES string of the molecule is Cc1cc(Br)ccc1C(=O)Nc1ncc(Cl)cn1. The molecule has 1 N–H and O–H groups in total. The highest BCUT2D eigenvalue weighted by Gasteiger charge is 2.10. The minimum Gasteiger partial charge on any atom is -0.290 e. The van der Waals surface area contributed by atoms with E-state index in [2.05, 4.69) is 31.2 Å². The third-order valence-corrected chi connectivity index (χ3v) is 2.97. The van der Waals surface area contributed by atoms with Crippen molar-refractivity contribution in [3.63, 3.8) is 0 Å². The second-order valence-electron chi connectivity index (χ2n) is 3.64. The van der Waals surface area contributed by atoms with Crippen LogP contribution in [0.3, 0.4) is 0 Å². The minimum absolute atomic E-state index is 0.228. The molecule has 0 spiro atoms. The van der Waals surface area contributed by atoms with Gasteiger partial charge in [0.2, 0.25) is 5.95 Å². The van der Waals surface area contributed by atoms with Gasteiger partial charge in [-0.05, 0) is 30.7 Å². The zero-order valence-corrected chi connectivity index (χ0v) is 11.8. The Morgan fingerprint density at radius 2 is 2.00 bits per heavy atom. The van der Waals surface area contributed by atoms with Crippen molar-refractivity contribution in [3.8, 4) is 0 Å². The van der Waals surface area contributed by atoms with Crippen molar-refractivity contribution in [2.24, 2.45) is 0 Å². The predicted octanol–water partition coefficient (Wildman–Crippen LogP) is 3.45. The summed E-state index contributed by atoms with van der Waals surface area (Å²) in [4.78, 5) is 19.8. The van der Waals surface area contributed by atoms with Crippen molar-refractivity contribution in [3.05, 3.63) is 51.2 Å². The predicted molar refractivity (Wildman–Crippen MR) is 73.9 cm³/mol. The van der Waals surface area contributed by atoms with Gasteiger partial charge in [-0.1, -0.05) is 27.5 Å². The monoisotopic (exact) mass is 325 g/mol. The molecule has 4 nitrogen and oxygen atoms in total. The maximum Gasteiger partial charge on any atom is 0.258 e. The quantitative estimate of drug-likeness (QED) is 0.919. The summed E-state index contributed by atoms with van der Waals surface area (Å²) in [5.74, 6) is -0.0194. The third-order valence-electron chi connectivity index (χ3n) is 2.28. The van der Waals surface area contributed by atoms with Gasteiger partial charge in [-0.3, -0.25) is 10.1 Å². The number of nitrogens with zero attached hydrogens (tertiary/aromatic N) is 2. The molecule has 92 valence electrons. The topological polar surface area (TPSA) is 54.9 Å². The molecule has 0 aliphatic carbocycles.